The Morgan fingerprint density at radius 3 is 2.28 bits per heavy atom. The average molecular weight is 260 g/mol. The maximum Gasteiger partial charge on any atom is 0.416 e. The van der Waals surface area contributed by atoms with Crippen molar-refractivity contribution in [2.75, 3.05) is 11.9 Å². The summed E-state index contributed by atoms with van der Waals surface area (Å²) >= 11 is 0. The smallest absolute Gasteiger partial charge is 0.380 e. The van der Waals surface area contributed by atoms with Gasteiger partial charge >= 0.3 is 6.18 Å². The fraction of sp³-hybridized carbons (Fsp3) is 0.538. The number of rotatable bonds is 3. The van der Waals surface area contributed by atoms with Crippen molar-refractivity contribution in [2.45, 2.75) is 33.0 Å². The highest BCUT2D eigenvalue weighted by molar-refractivity contribution is 5.47. The third-order valence-corrected chi connectivity index (χ3v) is 2.81. The predicted octanol–water partition coefficient (Wildman–Crippen LogP) is 3.49. The Balaban J connectivity index is 2.92. The fourth-order valence-corrected chi connectivity index (χ4v) is 1.62. The molecule has 5 heteroatoms. The standard InChI is InChI=1S/C13H19F3N2/c1-12(2,3)11(8-17)18-10-6-4-5-9(7-10)13(14,15)16/h4-7,11,18H,8,17H2,1-3H3. The Labute approximate surface area is 105 Å². The van der Waals surface area contributed by atoms with E-state index in [4.69, 9.17) is 5.73 Å². The van der Waals surface area contributed by atoms with Gasteiger partial charge in [-0.05, 0) is 23.6 Å². The Bertz CT molecular complexity index is 394. The molecule has 0 aromatic heterocycles. The number of anilines is 1. The van der Waals surface area contributed by atoms with Crippen molar-refractivity contribution in [3.8, 4) is 0 Å². The van der Waals surface area contributed by atoms with Gasteiger partial charge in [-0.15, -0.1) is 0 Å². The van der Waals surface area contributed by atoms with E-state index < -0.39 is 11.7 Å². The zero-order chi connectivity index (χ0) is 14.0. The first-order valence-electron chi connectivity index (χ1n) is 5.78. The molecule has 0 aliphatic heterocycles. The Morgan fingerprint density at radius 1 is 1.22 bits per heavy atom. The molecule has 2 nitrogen and oxygen atoms in total. The van der Waals surface area contributed by atoms with Crippen molar-refractivity contribution in [2.24, 2.45) is 11.1 Å². The largest absolute Gasteiger partial charge is 0.416 e. The first-order valence-corrected chi connectivity index (χ1v) is 5.78. The van der Waals surface area contributed by atoms with Crippen molar-refractivity contribution < 1.29 is 13.2 Å². The van der Waals surface area contributed by atoms with Crippen LogP contribution in [0.15, 0.2) is 24.3 Å². The number of hydrogen-bond donors (Lipinski definition) is 2. The maximum atomic E-state index is 12.6. The monoisotopic (exact) mass is 260 g/mol. The molecule has 0 heterocycles. The molecule has 0 radical (unpaired) electrons. The highest BCUT2D eigenvalue weighted by atomic mass is 19.4. The molecule has 1 rings (SSSR count). The summed E-state index contributed by atoms with van der Waals surface area (Å²) in [5.41, 5.74) is 5.31. The van der Waals surface area contributed by atoms with Crippen molar-refractivity contribution >= 4 is 5.69 Å². The van der Waals surface area contributed by atoms with Crippen LogP contribution >= 0.6 is 0 Å². The molecule has 0 saturated heterocycles. The van der Waals surface area contributed by atoms with Crippen LogP contribution in [0, 0.1) is 5.41 Å². The molecule has 102 valence electrons. The van der Waals surface area contributed by atoms with E-state index >= 15 is 0 Å². The van der Waals surface area contributed by atoms with Crippen LogP contribution in [0.5, 0.6) is 0 Å². The lowest BCUT2D eigenvalue weighted by Crippen LogP contribution is -2.40. The second-order valence-corrected chi connectivity index (χ2v) is 5.38. The van der Waals surface area contributed by atoms with Crippen LogP contribution < -0.4 is 11.1 Å². The molecule has 18 heavy (non-hydrogen) atoms. The van der Waals surface area contributed by atoms with Gasteiger partial charge in [0.15, 0.2) is 0 Å². The molecule has 0 bridgehead atoms. The highest BCUT2D eigenvalue weighted by Crippen LogP contribution is 2.31. The number of benzene rings is 1. The number of hydrogen-bond acceptors (Lipinski definition) is 2. The Morgan fingerprint density at radius 2 is 1.83 bits per heavy atom. The SMILES string of the molecule is CC(C)(C)C(CN)Nc1cccc(C(F)(F)F)c1. The van der Waals surface area contributed by atoms with Crippen LogP contribution in [-0.4, -0.2) is 12.6 Å². The lowest BCUT2D eigenvalue weighted by Gasteiger charge is -2.31. The van der Waals surface area contributed by atoms with Crippen LogP contribution in [0.25, 0.3) is 0 Å². The fourth-order valence-electron chi connectivity index (χ4n) is 1.62. The molecule has 1 aromatic carbocycles. The molecule has 1 aromatic rings. The third-order valence-electron chi connectivity index (χ3n) is 2.81. The molecule has 1 atom stereocenters. The van der Waals surface area contributed by atoms with E-state index in [1.165, 1.54) is 6.07 Å². The van der Waals surface area contributed by atoms with Crippen LogP contribution in [0.4, 0.5) is 18.9 Å². The van der Waals surface area contributed by atoms with Gasteiger partial charge in [-0.25, -0.2) is 0 Å². The van der Waals surface area contributed by atoms with Crippen molar-refractivity contribution in [3.05, 3.63) is 29.8 Å². The van der Waals surface area contributed by atoms with E-state index in [9.17, 15) is 13.2 Å². The number of nitrogens with two attached hydrogens (primary N) is 1. The minimum absolute atomic E-state index is 0.0824. The molecule has 3 N–H and O–H groups in total. The topological polar surface area (TPSA) is 38.0 Å². The molecule has 0 aliphatic carbocycles. The van der Waals surface area contributed by atoms with E-state index in [-0.39, 0.29) is 11.5 Å². The lowest BCUT2D eigenvalue weighted by molar-refractivity contribution is -0.137. The molecule has 0 spiro atoms. The van der Waals surface area contributed by atoms with Gasteiger partial charge in [0.1, 0.15) is 0 Å². The number of halogens is 3. The molecule has 0 fully saturated rings. The summed E-state index contributed by atoms with van der Waals surface area (Å²) < 4.78 is 37.7. The summed E-state index contributed by atoms with van der Waals surface area (Å²) in [7, 11) is 0. The van der Waals surface area contributed by atoms with E-state index in [2.05, 4.69) is 5.32 Å². The van der Waals surface area contributed by atoms with E-state index in [1.807, 2.05) is 20.8 Å². The zero-order valence-electron chi connectivity index (χ0n) is 10.8. The molecule has 0 amide bonds. The first-order chi connectivity index (χ1) is 8.14. The summed E-state index contributed by atoms with van der Waals surface area (Å²) in [6.07, 6.45) is -4.32. The summed E-state index contributed by atoms with van der Waals surface area (Å²) in [5.74, 6) is 0. The van der Waals surface area contributed by atoms with Gasteiger partial charge in [0.05, 0.1) is 5.56 Å². The second kappa shape index (κ2) is 5.18. The van der Waals surface area contributed by atoms with Crippen LogP contribution in [0.3, 0.4) is 0 Å². The van der Waals surface area contributed by atoms with Gasteiger partial charge in [0, 0.05) is 18.3 Å². The molecule has 1 unspecified atom stereocenters. The number of nitrogens with one attached hydrogen (secondary N) is 1. The quantitative estimate of drug-likeness (QED) is 0.873. The van der Waals surface area contributed by atoms with Crippen LogP contribution in [0.2, 0.25) is 0 Å². The highest BCUT2D eigenvalue weighted by Gasteiger charge is 2.31. The molecule has 0 aliphatic rings. The van der Waals surface area contributed by atoms with Crippen molar-refractivity contribution in [3.63, 3.8) is 0 Å². The number of alkyl halides is 3. The van der Waals surface area contributed by atoms with E-state index in [0.717, 1.165) is 12.1 Å². The van der Waals surface area contributed by atoms with Gasteiger partial charge in [0.25, 0.3) is 0 Å². The van der Waals surface area contributed by atoms with Gasteiger partial charge in [0.2, 0.25) is 0 Å². The van der Waals surface area contributed by atoms with Gasteiger partial charge in [-0.1, -0.05) is 26.8 Å². The Hall–Kier alpha value is -1.23. The minimum Gasteiger partial charge on any atom is -0.380 e. The van der Waals surface area contributed by atoms with E-state index in [0.29, 0.717) is 12.2 Å². The average Bonchev–Trinajstić information content (AvgIpc) is 2.23. The van der Waals surface area contributed by atoms with Gasteiger partial charge in [-0.3, -0.25) is 0 Å². The maximum absolute atomic E-state index is 12.6. The normalized spacial score (nSPS) is 14.4. The molecular formula is C13H19F3N2. The van der Waals surface area contributed by atoms with Crippen molar-refractivity contribution in [1.29, 1.82) is 0 Å². The van der Waals surface area contributed by atoms with Crippen LogP contribution in [-0.2, 0) is 6.18 Å². The third kappa shape index (κ3) is 3.91. The van der Waals surface area contributed by atoms with Gasteiger partial charge < -0.3 is 11.1 Å². The predicted molar refractivity (Wildman–Crippen MR) is 67.4 cm³/mol. The first kappa shape index (κ1) is 14.8. The second-order valence-electron chi connectivity index (χ2n) is 5.38. The summed E-state index contributed by atoms with van der Waals surface area (Å²) in [6.45, 7) is 6.33. The zero-order valence-corrected chi connectivity index (χ0v) is 10.8. The van der Waals surface area contributed by atoms with Gasteiger partial charge in [-0.2, -0.15) is 13.2 Å². The summed E-state index contributed by atoms with van der Waals surface area (Å²) in [5, 5.41) is 3.06. The lowest BCUT2D eigenvalue weighted by atomic mass is 9.86. The van der Waals surface area contributed by atoms with E-state index in [1.54, 1.807) is 6.07 Å². The summed E-state index contributed by atoms with van der Waals surface area (Å²) in [6, 6.07) is 5.08. The Kier molecular flexibility index (Phi) is 4.27. The summed E-state index contributed by atoms with van der Waals surface area (Å²) in [4.78, 5) is 0. The van der Waals surface area contributed by atoms with Crippen LogP contribution in [0.1, 0.15) is 26.3 Å². The van der Waals surface area contributed by atoms with Crippen molar-refractivity contribution in [1.82, 2.24) is 0 Å². The molecular weight excluding hydrogens is 241 g/mol. The minimum atomic E-state index is -4.32. The molecule has 0 saturated carbocycles.